The third-order valence-electron chi connectivity index (χ3n) is 5.23. The van der Waals surface area contributed by atoms with Crippen LogP contribution in [0.15, 0.2) is 72.1 Å². The normalized spacial score (nSPS) is 14.0. The maximum absolute atomic E-state index is 13.0. The fourth-order valence-corrected chi connectivity index (χ4v) is 3.74. The van der Waals surface area contributed by atoms with Gasteiger partial charge in [-0.1, -0.05) is 24.3 Å². The average Bonchev–Trinajstić information content (AvgIpc) is 2.84. The molecule has 0 atom stereocenters. The summed E-state index contributed by atoms with van der Waals surface area (Å²) in [6.07, 6.45) is -1.72. The summed E-state index contributed by atoms with van der Waals surface area (Å²) in [6, 6.07) is 12.3. The van der Waals surface area contributed by atoms with Crippen LogP contribution in [0, 0.1) is 0 Å². The molecule has 2 aromatic rings. The van der Waals surface area contributed by atoms with Crippen molar-refractivity contribution in [3.63, 3.8) is 0 Å². The van der Waals surface area contributed by atoms with E-state index in [2.05, 4.69) is 4.74 Å². The van der Waals surface area contributed by atoms with Crippen LogP contribution in [-0.4, -0.2) is 43.5 Å². The molecule has 0 fully saturated rings. The summed E-state index contributed by atoms with van der Waals surface area (Å²) in [6.45, 7) is 3.81. The maximum atomic E-state index is 13.0. The molecule has 0 saturated heterocycles. The number of ether oxygens (including phenoxy) is 4. The Labute approximate surface area is 206 Å². The van der Waals surface area contributed by atoms with Crippen LogP contribution in [0.25, 0.3) is 0 Å². The number of nitrogens with zero attached hydrogens (tertiary/aromatic N) is 1. The zero-order valence-corrected chi connectivity index (χ0v) is 20.0. The predicted molar refractivity (Wildman–Crippen MR) is 124 cm³/mol. The van der Waals surface area contributed by atoms with E-state index >= 15 is 0 Å². The Morgan fingerprint density at radius 1 is 0.833 bits per heavy atom. The molecule has 0 spiro atoms. The van der Waals surface area contributed by atoms with Crippen molar-refractivity contribution in [1.29, 1.82) is 0 Å². The summed E-state index contributed by atoms with van der Waals surface area (Å²) >= 11 is 0. The fourth-order valence-electron chi connectivity index (χ4n) is 3.74. The Balaban J connectivity index is 2.02. The first kappa shape index (κ1) is 26.7. The van der Waals surface area contributed by atoms with Crippen LogP contribution in [0.5, 0.6) is 11.5 Å². The van der Waals surface area contributed by atoms with E-state index in [-0.39, 0.29) is 24.4 Å². The summed E-state index contributed by atoms with van der Waals surface area (Å²) in [5, 5.41) is 0. The first-order valence-electron chi connectivity index (χ1n) is 11.2. The lowest BCUT2D eigenvalue weighted by Gasteiger charge is -2.30. The smallest absolute Gasteiger partial charge is 0.497 e. The average molecular weight is 505 g/mol. The second kappa shape index (κ2) is 11.7. The maximum Gasteiger partial charge on any atom is 0.573 e. The van der Waals surface area contributed by atoms with Crippen LogP contribution in [-0.2, 0) is 25.6 Å². The van der Waals surface area contributed by atoms with E-state index < -0.39 is 30.0 Å². The zero-order chi connectivity index (χ0) is 26.3. The van der Waals surface area contributed by atoms with Crippen LogP contribution in [0.1, 0.15) is 30.9 Å². The molecular formula is C26H26F3NO6. The van der Waals surface area contributed by atoms with Gasteiger partial charge in [0.1, 0.15) is 11.5 Å². The van der Waals surface area contributed by atoms with Crippen molar-refractivity contribution in [3.8, 4) is 11.5 Å². The van der Waals surface area contributed by atoms with Gasteiger partial charge in [-0.3, -0.25) is 0 Å². The quantitative estimate of drug-likeness (QED) is 0.440. The molecule has 1 aliphatic heterocycles. The summed E-state index contributed by atoms with van der Waals surface area (Å²) in [5.41, 5.74) is 1.55. The van der Waals surface area contributed by atoms with Gasteiger partial charge >= 0.3 is 18.3 Å². The lowest BCUT2D eigenvalue weighted by atomic mass is 9.83. The Bertz CT molecular complexity index is 1090. The van der Waals surface area contributed by atoms with Gasteiger partial charge in [0, 0.05) is 18.9 Å². The highest BCUT2D eigenvalue weighted by molar-refractivity contribution is 5.98. The number of hydrogen-bond acceptors (Lipinski definition) is 7. The summed E-state index contributed by atoms with van der Waals surface area (Å²) in [5.74, 6) is -1.98. The fraction of sp³-hybridized carbons (Fsp3) is 0.308. The molecule has 0 N–H and O–H groups in total. The van der Waals surface area contributed by atoms with E-state index in [9.17, 15) is 22.8 Å². The van der Waals surface area contributed by atoms with E-state index in [1.54, 1.807) is 50.4 Å². The van der Waals surface area contributed by atoms with Crippen molar-refractivity contribution in [2.24, 2.45) is 0 Å². The topological polar surface area (TPSA) is 74.3 Å². The highest BCUT2D eigenvalue weighted by Gasteiger charge is 2.36. The molecule has 0 radical (unpaired) electrons. The summed E-state index contributed by atoms with van der Waals surface area (Å²) in [7, 11) is 1.56. The SMILES string of the molecule is CCOC(=O)C1=CN(Cc2ccc(OC)cc2)C=C(C(=O)OCC)C1c1ccc(OC(F)(F)F)cc1. The number of halogens is 3. The van der Waals surface area contributed by atoms with Gasteiger partial charge < -0.3 is 23.8 Å². The Kier molecular flexibility index (Phi) is 8.63. The number of rotatable bonds is 9. The monoisotopic (exact) mass is 505 g/mol. The van der Waals surface area contributed by atoms with Crippen molar-refractivity contribution in [2.75, 3.05) is 20.3 Å². The first-order chi connectivity index (χ1) is 17.1. The lowest BCUT2D eigenvalue weighted by molar-refractivity contribution is -0.274. The van der Waals surface area contributed by atoms with Gasteiger partial charge in [0.2, 0.25) is 0 Å². The van der Waals surface area contributed by atoms with E-state index in [0.29, 0.717) is 17.9 Å². The van der Waals surface area contributed by atoms with Crippen LogP contribution >= 0.6 is 0 Å². The number of carbonyl (C=O) groups is 2. The molecule has 3 rings (SSSR count). The zero-order valence-electron chi connectivity index (χ0n) is 20.0. The largest absolute Gasteiger partial charge is 0.573 e. The van der Waals surface area contributed by atoms with Crippen molar-refractivity contribution in [2.45, 2.75) is 32.7 Å². The van der Waals surface area contributed by atoms with Gasteiger partial charge in [0.15, 0.2) is 0 Å². The highest BCUT2D eigenvalue weighted by atomic mass is 19.4. The minimum atomic E-state index is -4.85. The predicted octanol–water partition coefficient (Wildman–Crippen LogP) is 5.09. The molecule has 192 valence electrons. The highest BCUT2D eigenvalue weighted by Crippen LogP contribution is 2.38. The summed E-state index contributed by atoms with van der Waals surface area (Å²) < 4.78 is 57.4. The van der Waals surface area contributed by atoms with E-state index in [4.69, 9.17) is 14.2 Å². The van der Waals surface area contributed by atoms with Crippen molar-refractivity contribution < 1.29 is 41.7 Å². The van der Waals surface area contributed by atoms with Crippen LogP contribution in [0.3, 0.4) is 0 Å². The molecule has 10 heteroatoms. The van der Waals surface area contributed by atoms with Crippen molar-refractivity contribution >= 4 is 11.9 Å². The molecule has 7 nitrogen and oxygen atoms in total. The van der Waals surface area contributed by atoms with Crippen molar-refractivity contribution in [1.82, 2.24) is 4.90 Å². The van der Waals surface area contributed by atoms with Crippen LogP contribution in [0.2, 0.25) is 0 Å². The minimum Gasteiger partial charge on any atom is -0.497 e. The lowest BCUT2D eigenvalue weighted by Crippen LogP contribution is -2.29. The minimum absolute atomic E-state index is 0.0954. The molecule has 0 amide bonds. The van der Waals surface area contributed by atoms with E-state index in [1.807, 2.05) is 12.1 Å². The Morgan fingerprint density at radius 3 is 1.78 bits per heavy atom. The molecular weight excluding hydrogens is 479 g/mol. The van der Waals surface area contributed by atoms with Crippen LogP contribution < -0.4 is 9.47 Å². The van der Waals surface area contributed by atoms with Gasteiger partial charge in [0.25, 0.3) is 0 Å². The van der Waals surface area contributed by atoms with Crippen LogP contribution in [0.4, 0.5) is 13.2 Å². The first-order valence-corrected chi connectivity index (χ1v) is 11.2. The number of methoxy groups -OCH3 is 1. The molecule has 2 aromatic carbocycles. The molecule has 36 heavy (non-hydrogen) atoms. The molecule has 1 heterocycles. The number of carbonyl (C=O) groups excluding carboxylic acids is 2. The second-order valence-corrected chi connectivity index (χ2v) is 7.68. The number of benzene rings is 2. The third-order valence-corrected chi connectivity index (χ3v) is 5.23. The number of alkyl halides is 3. The molecule has 0 bridgehead atoms. The summed E-state index contributed by atoms with van der Waals surface area (Å²) in [4.78, 5) is 27.6. The van der Waals surface area contributed by atoms with E-state index in [0.717, 1.165) is 17.7 Å². The number of hydrogen-bond donors (Lipinski definition) is 0. The number of esters is 2. The van der Waals surface area contributed by atoms with Gasteiger partial charge in [-0.2, -0.15) is 0 Å². The Hall–Kier alpha value is -3.95. The molecule has 0 aromatic heterocycles. The standard InChI is InChI=1S/C26H26F3NO6/c1-4-34-24(31)21-15-30(14-17-6-10-19(33-3)11-7-17)16-22(25(32)35-5-2)23(21)18-8-12-20(13-9-18)36-26(27,28)29/h6-13,15-16,23H,4-5,14H2,1-3H3. The van der Waals surface area contributed by atoms with Crippen molar-refractivity contribution in [3.05, 3.63) is 83.2 Å². The molecule has 0 aliphatic carbocycles. The molecule has 0 saturated carbocycles. The van der Waals surface area contributed by atoms with Gasteiger partial charge in [-0.05, 0) is 49.2 Å². The second-order valence-electron chi connectivity index (χ2n) is 7.68. The van der Waals surface area contributed by atoms with Gasteiger partial charge in [-0.25, -0.2) is 9.59 Å². The van der Waals surface area contributed by atoms with Gasteiger partial charge in [-0.15, -0.1) is 13.2 Å². The molecule has 1 aliphatic rings. The Morgan fingerprint density at radius 2 is 1.33 bits per heavy atom. The molecule has 0 unspecified atom stereocenters. The van der Waals surface area contributed by atoms with Gasteiger partial charge in [0.05, 0.1) is 37.4 Å². The third kappa shape index (κ3) is 6.80. The van der Waals surface area contributed by atoms with E-state index in [1.165, 1.54) is 12.1 Å².